The fourth-order valence-corrected chi connectivity index (χ4v) is 5.49. The van der Waals surface area contributed by atoms with Gasteiger partial charge < -0.3 is 9.47 Å². The molecule has 2 rings (SSSR count). The summed E-state index contributed by atoms with van der Waals surface area (Å²) in [4.78, 5) is 24.7. The fourth-order valence-electron chi connectivity index (χ4n) is 5.49. The lowest BCUT2D eigenvalue weighted by Crippen LogP contribution is -2.36. The van der Waals surface area contributed by atoms with Gasteiger partial charge in [-0.25, -0.2) is 0 Å². The van der Waals surface area contributed by atoms with E-state index in [2.05, 4.69) is 41.5 Å². The molecule has 2 saturated carbocycles. The molecule has 30 heavy (non-hydrogen) atoms. The van der Waals surface area contributed by atoms with Crippen molar-refractivity contribution in [3.63, 3.8) is 0 Å². The Morgan fingerprint density at radius 3 is 1.40 bits per heavy atom. The van der Waals surface area contributed by atoms with Crippen LogP contribution in [-0.4, -0.2) is 24.1 Å². The number of rotatable bonds is 9. The molecular weight excluding hydrogens is 376 g/mol. The zero-order chi connectivity index (χ0) is 22.3. The number of esters is 2. The molecule has 2 aliphatic rings. The summed E-state index contributed by atoms with van der Waals surface area (Å²) in [5.41, 5.74) is 0. The predicted molar refractivity (Wildman–Crippen MR) is 121 cm³/mol. The van der Waals surface area contributed by atoms with Crippen molar-refractivity contribution in [2.24, 2.45) is 35.5 Å². The fraction of sp³-hybridized carbons (Fsp3) is 0.923. The molecule has 0 heterocycles. The number of carbonyl (C=O) groups excluding carboxylic acids is 2. The highest BCUT2D eigenvalue weighted by molar-refractivity contribution is 5.71. The highest BCUT2D eigenvalue weighted by atomic mass is 16.5. The highest BCUT2D eigenvalue weighted by Gasteiger charge is 2.34. The largest absolute Gasteiger partial charge is 0.462 e. The topological polar surface area (TPSA) is 52.6 Å². The third-order valence-electron chi connectivity index (χ3n) is 7.50. The summed E-state index contributed by atoms with van der Waals surface area (Å²) < 4.78 is 11.7. The van der Waals surface area contributed by atoms with Crippen LogP contribution in [0.25, 0.3) is 0 Å². The Bertz CT molecular complexity index is 493. The van der Waals surface area contributed by atoms with Crippen LogP contribution in [-0.2, 0) is 19.1 Å². The Kier molecular flexibility index (Phi) is 10.2. The van der Waals surface area contributed by atoms with Crippen LogP contribution in [0, 0.1) is 35.5 Å². The molecule has 0 aromatic carbocycles. The maximum Gasteiger partial charge on any atom is 0.306 e. The molecule has 0 amide bonds. The molecule has 2 fully saturated rings. The van der Waals surface area contributed by atoms with Crippen molar-refractivity contribution in [3.05, 3.63) is 0 Å². The lowest BCUT2D eigenvalue weighted by Gasteiger charge is -2.36. The Labute approximate surface area is 184 Å². The van der Waals surface area contributed by atoms with Crippen molar-refractivity contribution in [1.29, 1.82) is 0 Å². The van der Waals surface area contributed by atoms with E-state index in [1.165, 1.54) is 12.8 Å². The van der Waals surface area contributed by atoms with E-state index in [-0.39, 0.29) is 24.1 Å². The molecule has 0 spiro atoms. The van der Waals surface area contributed by atoms with E-state index in [4.69, 9.17) is 9.47 Å². The minimum Gasteiger partial charge on any atom is -0.462 e. The summed E-state index contributed by atoms with van der Waals surface area (Å²) in [6.45, 7) is 13.4. The average molecular weight is 423 g/mol. The summed E-state index contributed by atoms with van der Waals surface area (Å²) >= 11 is 0. The molecule has 2 aliphatic carbocycles. The van der Waals surface area contributed by atoms with E-state index in [1.807, 2.05) is 0 Å². The molecule has 0 saturated heterocycles. The van der Waals surface area contributed by atoms with E-state index < -0.39 is 0 Å². The van der Waals surface area contributed by atoms with Gasteiger partial charge in [-0.2, -0.15) is 0 Å². The van der Waals surface area contributed by atoms with Gasteiger partial charge in [0, 0.05) is 12.8 Å². The van der Waals surface area contributed by atoms with Crippen LogP contribution in [0.15, 0.2) is 0 Å². The molecule has 174 valence electrons. The van der Waals surface area contributed by atoms with Gasteiger partial charge in [-0.05, 0) is 74.0 Å². The summed E-state index contributed by atoms with van der Waals surface area (Å²) in [5.74, 6) is 3.10. The Hall–Kier alpha value is -1.06. The Morgan fingerprint density at radius 2 is 1.07 bits per heavy atom. The maximum atomic E-state index is 12.4. The van der Waals surface area contributed by atoms with Gasteiger partial charge in [0.1, 0.15) is 12.2 Å². The molecule has 0 N–H and O–H groups in total. The van der Waals surface area contributed by atoms with Crippen LogP contribution in [0.4, 0.5) is 0 Å². The summed E-state index contributed by atoms with van der Waals surface area (Å²) in [6, 6.07) is 0. The van der Waals surface area contributed by atoms with Gasteiger partial charge in [0.25, 0.3) is 0 Å². The van der Waals surface area contributed by atoms with Crippen LogP contribution < -0.4 is 0 Å². The first-order valence-electron chi connectivity index (χ1n) is 12.6. The lowest BCUT2D eigenvalue weighted by atomic mass is 9.75. The molecule has 0 aliphatic heterocycles. The zero-order valence-corrected chi connectivity index (χ0v) is 20.3. The Morgan fingerprint density at radius 1 is 0.700 bits per heavy atom. The Balaban J connectivity index is 1.68. The van der Waals surface area contributed by atoms with Gasteiger partial charge in [-0.1, -0.05) is 54.4 Å². The number of carbonyl (C=O) groups is 2. The molecule has 6 unspecified atom stereocenters. The molecule has 0 bridgehead atoms. The van der Waals surface area contributed by atoms with Gasteiger partial charge in [0.05, 0.1) is 0 Å². The van der Waals surface area contributed by atoms with Gasteiger partial charge in [0.2, 0.25) is 0 Å². The maximum absolute atomic E-state index is 12.4. The number of hydrogen-bond donors (Lipinski definition) is 0. The molecule has 4 heteroatoms. The van der Waals surface area contributed by atoms with Crippen molar-refractivity contribution in [3.8, 4) is 0 Å². The van der Waals surface area contributed by atoms with E-state index in [9.17, 15) is 9.59 Å². The lowest BCUT2D eigenvalue weighted by molar-refractivity contribution is -0.158. The van der Waals surface area contributed by atoms with E-state index >= 15 is 0 Å². The monoisotopic (exact) mass is 422 g/mol. The molecule has 0 aromatic rings. The van der Waals surface area contributed by atoms with Crippen LogP contribution in [0.1, 0.15) is 106 Å². The van der Waals surface area contributed by atoms with Crippen molar-refractivity contribution >= 4 is 11.9 Å². The smallest absolute Gasteiger partial charge is 0.306 e. The number of unbranched alkanes of at least 4 members (excludes halogenated alkanes) is 1. The quantitative estimate of drug-likeness (QED) is 0.312. The van der Waals surface area contributed by atoms with E-state index in [1.54, 1.807) is 0 Å². The van der Waals surface area contributed by atoms with Crippen molar-refractivity contribution in [2.75, 3.05) is 0 Å². The first-order valence-corrected chi connectivity index (χ1v) is 12.6. The second-order valence-corrected chi connectivity index (χ2v) is 10.9. The predicted octanol–water partition coefficient (Wildman–Crippen LogP) is 6.55. The third-order valence-corrected chi connectivity index (χ3v) is 7.50. The highest BCUT2D eigenvalue weighted by Crippen LogP contribution is 2.36. The van der Waals surface area contributed by atoms with Crippen LogP contribution >= 0.6 is 0 Å². The molecular formula is C26H46O4. The van der Waals surface area contributed by atoms with Crippen LogP contribution in [0.5, 0.6) is 0 Å². The second kappa shape index (κ2) is 12.1. The van der Waals surface area contributed by atoms with Crippen molar-refractivity contribution < 1.29 is 19.1 Å². The first kappa shape index (κ1) is 25.2. The van der Waals surface area contributed by atoms with E-state index in [0.29, 0.717) is 61.2 Å². The summed E-state index contributed by atoms with van der Waals surface area (Å²) in [5, 5.41) is 0. The summed E-state index contributed by atoms with van der Waals surface area (Å²) in [6.07, 6.45) is 9.05. The van der Waals surface area contributed by atoms with Crippen molar-refractivity contribution in [1.82, 2.24) is 0 Å². The molecule has 0 radical (unpaired) electrons. The van der Waals surface area contributed by atoms with Crippen LogP contribution in [0.2, 0.25) is 0 Å². The van der Waals surface area contributed by atoms with Gasteiger partial charge in [0.15, 0.2) is 0 Å². The van der Waals surface area contributed by atoms with Crippen LogP contribution in [0.3, 0.4) is 0 Å². The molecule has 0 aromatic heterocycles. The normalized spacial score (nSPS) is 32.3. The number of hydrogen-bond acceptors (Lipinski definition) is 4. The minimum atomic E-state index is -0.103. The van der Waals surface area contributed by atoms with Gasteiger partial charge in [-0.3, -0.25) is 9.59 Å². The molecule has 4 nitrogen and oxygen atoms in total. The second-order valence-electron chi connectivity index (χ2n) is 10.9. The average Bonchev–Trinajstić information content (AvgIpc) is 2.65. The molecule has 6 atom stereocenters. The first-order chi connectivity index (χ1) is 14.2. The number of ether oxygens (including phenoxy) is 2. The summed E-state index contributed by atoms with van der Waals surface area (Å²) in [7, 11) is 0. The van der Waals surface area contributed by atoms with Gasteiger partial charge >= 0.3 is 11.9 Å². The van der Waals surface area contributed by atoms with Gasteiger partial charge in [-0.15, -0.1) is 0 Å². The van der Waals surface area contributed by atoms with E-state index in [0.717, 1.165) is 25.7 Å². The van der Waals surface area contributed by atoms with Crippen molar-refractivity contribution in [2.45, 2.75) is 118 Å². The SMILES string of the molecule is CC1CCC(C(C)C)C(OC(=O)CCCCC(=O)OC2CC(C)CCC2C(C)C)C1. The third kappa shape index (κ3) is 7.89. The zero-order valence-electron chi connectivity index (χ0n) is 20.3. The minimum absolute atomic E-state index is 0.0625. The standard InChI is InChI=1S/C26H46O4/c1-17(2)21-13-11-19(5)15-23(21)29-25(27)9-7-8-10-26(28)30-24-16-20(6)12-14-22(24)18(3)4/h17-24H,7-16H2,1-6H3.